The largest absolute Gasteiger partial charge is 0.310 e. The summed E-state index contributed by atoms with van der Waals surface area (Å²) in [7, 11) is 0. The average molecular weight is 274 g/mol. The predicted molar refractivity (Wildman–Crippen MR) is 78.6 cm³/mol. The molecule has 1 aliphatic carbocycles. The van der Waals surface area contributed by atoms with Crippen molar-refractivity contribution in [1.29, 1.82) is 5.26 Å². The van der Waals surface area contributed by atoms with Crippen LogP contribution in [-0.4, -0.2) is 6.04 Å². The highest BCUT2D eigenvalue weighted by atomic mass is 19.1. The van der Waals surface area contributed by atoms with Crippen molar-refractivity contribution in [3.8, 4) is 6.07 Å². The maximum atomic E-state index is 13.7. The Morgan fingerprint density at radius 2 is 2.00 bits per heavy atom. The molecule has 1 saturated carbocycles. The molecule has 2 nitrogen and oxygen atoms in total. The Kier molecular flexibility index (Phi) is 5.55. The minimum absolute atomic E-state index is 0.232. The molecule has 1 aromatic carbocycles. The highest BCUT2D eigenvalue weighted by molar-refractivity contribution is 5.33. The summed E-state index contributed by atoms with van der Waals surface area (Å²) in [5.74, 6) is 0.462. The monoisotopic (exact) mass is 274 g/mol. The Hall–Kier alpha value is -1.40. The number of nitriles is 1. The first-order valence-corrected chi connectivity index (χ1v) is 7.62. The van der Waals surface area contributed by atoms with Gasteiger partial charge in [-0.05, 0) is 43.9 Å². The quantitative estimate of drug-likeness (QED) is 0.837. The second kappa shape index (κ2) is 7.40. The van der Waals surface area contributed by atoms with Crippen LogP contribution in [-0.2, 0) is 6.54 Å². The van der Waals surface area contributed by atoms with E-state index >= 15 is 0 Å². The van der Waals surface area contributed by atoms with Gasteiger partial charge in [-0.15, -0.1) is 0 Å². The normalized spacial score (nSPS) is 18.2. The third kappa shape index (κ3) is 4.05. The van der Waals surface area contributed by atoms with Crippen molar-refractivity contribution in [3.63, 3.8) is 0 Å². The van der Waals surface area contributed by atoms with E-state index in [1.165, 1.54) is 50.7 Å². The molecule has 0 saturated heterocycles. The molecular weight excluding hydrogens is 251 g/mol. The van der Waals surface area contributed by atoms with Crippen molar-refractivity contribution < 1.29 is 4.39 Å². The fourth-order valence-corrected chi connectivity index (χ4v) is 3.03. The minimum atomic E-state index is -0.232. The fraction of sp³-hybridized carbons (Fsp3) is 0.588. The molecule has 1 aliphatic rings. The van der Waals surface area contributed by atoms with Crippen LogP contribution in [0.15, 0.2) is 18.2 Å². The lowest BCUT2D eigenvalue weighted by Gasteiger charge is -2.23. The van der Waals surface area contributed by atoms with Crippen molar-refractivity contribution in [1.82, 2.24) is 5.32 Å². The zero-order valence-corrected chi connectivity index (χ0v) is 12.2. The molecule has 0 spiro atoms. The SMILES string of the molecule is C[C@H](NCc1cc(C#N)ccc1F)C1CCCCCC1. The lowest BCUT2D eigenvalue weighted by Crippen LogP contribution is -2.33. The molecule has 0 bridgehead atoms. The molecule has 0 radical (unpaired) electrons. The number of hydrogen-bond donors (Lipinski definition) is 1. The Morgan fingerprint density at radius 3 is 2.65 bits per heavy atom. The zero-order chi connectivity index (χ0) is 14.4. The van der Waals surface area contributed by atoms with Gasteiger partial charge in [-0.1, -0.05) is 25.7 Å². The fourth-order valence-electron chi connectivity index (χ4n) is 3.03. The number of nitrogens with one attached hydrogen (secondary N) is 1. The lowest BCUT2D eigenvalue weighted by atomic mass is 9.93. The molecule has 20 heavy (non-hydrogen) atoms. The second-order valence-electron chi connectivity index (χ2n) is 5.84. The van der Waals surface area contributed by atoms with E-state index < -0.39 is 0 Å². The van der Waals surface area contributed by atoms with E-state index in [4.69, 9.17) is 5.26 Å². The summed E-state index contributed by atoms with van der Waals surface area (Å²) in [4.78, 5) is 0. The highest BCUT2D eigenvalue weighted by Gasteiger charge is 2.18. The van der Waals surface area contributed by atoms with Gasteiger partial charge < -0.3 is 5.32 Å². The average Bonchev–Trinajstić information content (AvgIpc) is 2.75. The van der Waals surface area contributed by atoms with Crippen LogP contribution in [0, 0.1) is 23.1 Å². The van der Waals surface area contributed by atoms with Crippen LogP contribution >= 0.6 is 0 Å². The zero-order valence-electron chi connectivity index (χ0n) is 12.2. The maximum Gasteiger partial charge on any atom is 0.127 e. The number of rotatable bonds is 4. The van der Waals surface area contributed by atoms with Crippen LogP contribution in [0.2, 0.25) is 0 Å². The van der Waals surface area contributed by atoms with Gasteiger partial charge in [0, 0.05) is 18.2 Å². The first-order valence-electron chi connectivity index (χ1n) is 7.62. The van der Waals surface area contributed by atoms with Gasteiger partial charge in [-0.3, -0.25) is 0 Å². The van der Waals surface area contributed by atoms with Crippen LogP contribution in [0.25, 0.3) is 0 Å². The number of hydrogen-bond acceptors (Lipinski definition) is 2. The van der Waals surface area contributed by atoms with Gasteiger partial charge in [-0.25, -0.2) is 4.39 Å². The van der Waals surface area contributed by atoms with Crippen LogP contribution in [0.3, 0.4) is 0 Å². The van der Waals surface area contributed by atoms with Crippen LogP contribution in [0.5, 0.6) is 0 Å². The summed E-state index contributed by atoms with van der Waals surface area (Å²) in [5, 5.41) is 12.3. The van der Waals surface area contributed by atoms with E-state index in [2.05, 4.69) is 18.3 Å². The smallest absolute Gasteiger partial charge is 0.127 e. The van der Waals surface area contributed by atoms with Crippen molar-refractivity contribution >= 4 is 0 Å². The maximum absolute atomic E-state index is 13.7. The summed E-state index contributed by atoms with van der Waals surface area (Å²) >= 11 is 0. The van der Waals surface area contributed by atoms with E-state index in [0.29, 0.717) is 29.6 Å². The molecule has 0 aliphatic heterocycles. The summed E-state index contributed by atoms with van der Waals surface area (Å²) in [6, 6.07) is 7.00. The predicted octanol–water partition coefficient (Wildman–Crippen LogP) is 4.15. The number of halogens is 1. The molecule has 0 heterocycles. The van der Waals surface area contributed by atoms with Crippen LogP contribution in [0.1, 0.15) is 56.6 Å². The number of nitrogens with zero attached hydrogens (tertiary/aromatic N) is 1. The van der Waals surface area contributed by atoms with Crippen molar-refractivity contribution in [2.24, 2.45) is 5.92 Å². The highest BCUT2D eigenvalue weighted by Crippen LogP contribution is 2.25. The van der Waals surface area contributed by atoms with Gasteiger partial charge in [0.1, 0.15) is 5.82 Å². The molecule has 108 valence electrons. The molecule has 3 heteroatoms. The molecule has 1 aromatic rings. The molecule has 2 rings (SSSR count). The third-order valence-corrected chi connectivity index (χ3v) is 4.40. The Bertz CT molecular complexity index is 470. The van der Waals surface area contributed by atoms with E-state index in [1.807, 2.05) is 0 Å². The summed E-state index contributed by atoms with van der Waals surface area (Å²) in [5.41, 5.74) is 1.11. The standard InChI is InChI=1S/C17H23FN2/c1-13(15-6-4-2-3-5-7-15)20-12-16-10-14(11-19)8-9-17(16)18/h8-10,13,15,20H,2-7,12H2,1H3/t13-/m0/s1. The topological polar surface area (TPSA) is 35.8 Å². The molecule has 0 aromatic heterocycles. The number of benzene rings is 1. The first-order chi connectivity index (χ1) is 9.70. The summed E-state index contributed by atoms with van der Waals surface area (Å²) < 4.78 is 13.7. The molecule has 0 amide bonds. The second-order valence-corrected chi connectivity index (χ2v) is 5.84. The van der Waals surface area contributed by atoms with Crippen molar-refractivity contribution in [2.45, 2.75) is 58.0 Å². The van der Waals surface area contributed by atoms with E-state index in [9.17, 15) is 4.39 Å². The van der Waals surface area contributed by atoms with Crippen LogP contribution in [0.4, 0.5) is 4.39 Å². The Labute approximate surface area is 121 Å². The Morgan fingerprint density at radius 1 is 1.30 bits per heavy atom. The minimum Gasteiger partial charge on any atom is -0.310 e. The van der Waals surface area contributed by atoms with Crippen molar-refractivity contribution in [3.05, 3.63) is 35.1 Å². The van der Waals surface area contributed by atoms with Crippen LogP contribution < -0.4 is 5.32 Å². The van der Waals surface area contributed by atoms with Gasteiger partial charge in [0.15, 0.2) is 0 Å². The summed E-state index contributed by atoms with van der Waals surface area (Å²) in [6.07, 6.45) is 7.87. The lowest BCUT2D eigenvalue weighted by molar-refractivity contribution is 0.335. The van der Waals surface area contributed by atoms with Gasteiger partial charge >= 0.3 is 0 Å². The first kappa shape index (κ1) is 15.0. The van der Waals surface area contributed by atoms with Crippen molar-refractivity contribution in [2.75, 3.05) is 0 Å². The summed E-state index contributed by atoms with van der Waals surface area (Å²) in [6.45, 7) is 2.70. The molecule has 1 fully saturated rings. The molecule has 1 N–H and O–H groups in total. The Balaban J connectivity index is 1.92. The molecular formula is C17H23FN2. The molecule has 0 unspecified atom stereocenters. The van der Waals surface area contributed by atoms with Gasteiger partial charge in [0.2, 0.25) is 0 Å². The third-order valence-electron chi connectivity index (χ3n) is 4.40. The van der Waals surface area contributed by atoms with Gasteiger partial charge in [0.05, 0.1) is 11.6 Å². The van der Waals surface area contributed by atoms with Gasteiger partial charge in [0.25, 0.3) is 0 Å². The van der Waals surface area contributed by atoms with Gasteiger partial charge in [-0.2, -0.15) is 5.26 Å². The molecule has 1 atom stereocenters. The van der Waals surface area contributed by atoms with E-state index in [1.54, 1.807) is 6.07 Å². The van der Waals surface area contributed by atoms with E-state index in [0.717, 1.165) is 0 Å². The van der Waals surface area contributed by atoms with E-state index in [-0.39, 0.29) is 5.82 Å².